The van der Waals surface area contributed by atoms with Crippen LogP contribution < -0.4 is 5.73 Å². The second kappa shape index (κ2) is 5.02. The highest BCUT2D eigenvalue weighted by Crippen LogP contribution is 2.35. The van der Waals surface area contributed by atoms with Crippen molar-refractivity contribution >= 4 is 0 Å². The summed E-state index contributed by atoms with van der Waals surface area (Å²) in [7, 11) is 0. The Morgan fingerprint density at radius 1 is 1.17 bits per heavy atom. The van der Waals surface area contributed by atoms with Crippen molar-refractivity contribution in [3.8, 4) is 0 Å². The summed E-state index contributed by atoms with van der Waals surface area (Å²) in [5.74, 6) is 0. The Bertz CT molecular complexity index is 415. The summed E-state index contributed by atoms with van der Waals surface area (Å²) in [6.45, 7) is 3.61. The molecule has 0 bridgehead atoms. The number of fused-ring (bicyclic) bond motifs is 1. The molecule has 98 valence electrons. The quantitative estimate of drug-likeness (QED) is 0.823. The molecule has 2 aliphatic rings. The van der Waals surface area contributed by atoms with Crippen LogP contribution in [0.25, 0.3) is 0 Å². The summed E-state index contributed by atoms with van der Waals surface area (Å²) >= 11 is 0. The van der Waals surface area contributed by atoms with Crippen LogP contribution in [0.5, 0.6) is 0 Å². The highest BCUT2D eigenvalue weighted by Gasteiger charge is 2.35. The van der Waals surface area contributed by atoms with Gasteiger partial charge in [0.15, 0.2) is 0 Å². The van der Waals surface area contributed by atoms with Crippen molar-refractivity contribution in [2.75, 3.05) is 6.54 Å². The van der Waals surface area contributed by atoms with Gasteiger partial charge in [0.2, 0.25) is 0 Å². The molecular formula is C16H24N2. The molecule has 0 saturated carbocycles. The molecule has 18 heavy (non-hydrogen) atoms. The second-order valence-corrected chi connectivity index (χ2v) is 5.93. The van der Waals surface area contributed by atoms with Crippen LogP contribution >= 0.6 is 0 Å². The first-order valence-corrected chi connectivity index (χ1v) is 7.36. The minimum atomic E-state index is 0.210. The zero-order valence-electron chi connectivity index (χ0n) is 11.3. The van der Waals surface area contributed by atoms with E-state index in [4.69, 9.17) is 5.73 Å². The Kier molecular flexibility index (Phi) is 3.40. The summed E-state index contributed by atoms with van der Waals surface area (Å²) in [6, 6.07) is 10.1. The molecule has 3 unspecified atom stereocenters. The van der Waals surface area contributed by atoms with E-state index in [0.717, 1.165) is 6.42 Å². The van der Waals surface area contributed by atoms with Crippen molar-refractivity contribution in [1.29, 1.82) is 0 Å². The fraction of sp³-hybridized carbons (Fsp3) is 0.625. The van der Waals surface area contributed by atoms with E-state index < -0.39 is 0 Å². The maximum Gasteiger partial charge on any atom is 0.0459 e. The van der Waals surface area contributed by atoms with Gasteiger partial charge in [0, 0.05) is 18.1 Å². The number of likely N-dealkylation sites (tertiary alicyclic amines) is 1. The third-order valence-electron chi connectivity index (χ3n) is 4.79. The zero-order valence-corrected chi connectivity index (χ0v) is 11.3. The molecule has 1 saturated heterocycles. The van der Waals surface area contributed by atoms with E-state index in [2.05, 4.69) is 36.1 Å². The molecule has 1 aromatic carbocycles. The van der Waals surface area contributed by atoms with Crippen LogP contribution in [-0.2, 0) is 6.42 Å². The van der Waals surface area contributed by atoms with Gasteiger partial charge < -0.3 is 5.73 Å². The van der Waals surface area contributed by atoms with Crippen LogP contribution in [-0.4, -0.2) is 23.5 Å². The SMILES string of the molecule is CC1CCCCCN1C1Cc2ccccc2C1N. The topological polar surface area (TPSA) is 29.3 Å². The third-order valence-corrected chi connectivity index (χ3v) is 4.79. The summed E-state index contributed by atoms with van der Waals surface area (Å²) in [6.07, 6.45) is 6.58. The molecular weight excluding hydrogens is 220 g/mol. The minimum absolute atomic E-state index is 0.210. The van der Waals surface area contributed by atoms with E-state index in [-0.39, 0.29) is 6.04 Å². The lowest BCUT2D eigenvalue weighted by Gasteiger charge is -2.35. The molecule has 0 spiro atoms. The fourth-order valence-electron chi connectivity index (χ4n) is 3.72. The zero-order chi connectivity index (χ0) is 12.5. The molecule has 2 nitrogen and oxygen atoms in total. The van der Waals surface area contributed by atoms with E-state index in [9.17, 15) is 0 Å². The maximum absolute atomic E-state index is 6.49. The largest absolute Gasteiger partial charge is 0.323 e. The highest BCUT2D eigenvalue weighted by molar-refractivity contribution is 5.37. The first-order chi connectivity index (χ1) is 8.77. The lowest BCUT2D eigenvalue weighted by Crippen LogP contribution is -2.45. The number of nitrogens with two attached hydrogens (primary N) is 1. The molecule has 1 aromatic rings. The Morgan fingerprint density at radius 2 is 2.00 bits per heavy atom. The summed E-state index contributed by atoms with van der Waals surface area (Å²) in [4.78, 5) is 2.68. The van der Waals surface area contributed by atoms with Crippen molar-refractivity contribution in [2.24, 2.45) is 5.73 Å². The monoisotopic (exact) mass is 244 g/mol. The highest BCUT2D eigenvalue weighted by atomic mass is 15.2. The lowest BCUT2D eigenvalue weighted by atomic mass is 10.0. The van der Waals surface area contributed by atoms with Gasteiger partial charge in [-0.15, -0.1) is 0 Å². The number of hydrogen-bond donors (Lipinski definition) is 1. The first-order valence-electron chi connectivity index (χ1n) is 7.36. The third kappa shape index (κ3) is 2.08. The van der Waals surface area contributed by atoms with Gasteiger partial charge in [-0.1, -0.05) is 37.1 Å². The average Bonchev–Trinajstić information content (AvgIpc) is 2.57. The van der Waals surface area contributed by atoms with Crippen molar-refractivity contribution < 1.29 is 0 Å². The number of benzene rings is 1. The van der Waals surface area contributed by atoms with Gasteiger partial charge in [0.05, 0.1) is 0 Å². The van der Waals surface area contributed by atoms with Crippen LogP contribution in [0, 0.1) is 0 Å². The Hall–Kier alpha value is -0.860. The molecule has 1 aliphatic heterocycles. The summed E-state index contributed by atoms with van der Waals surface area (Å²) in [5, 5.41) is 0. The summed E-state index contributed by atoms with van der Waals surface area (Å²) in [5.41, 5.74) is 9.33. The van der Waals surface area contributed by atoms with Crippen molar-refractivity contribution in [3.05, 3.63) is 35.4 Å². The molecule has 0 aromatic heterocycles. The van der Waals surface area contributed by atoms with Gasteiger partial charge in [0.25, 0.3) is 0 Å². The van der Waals surface area contributed by atoms with Crippen molar-refractivity contribution in [3.63, 3.8) is 0 Å². The van der Waals surface area contributed by atoms with Crippen LogP contribution in [0.15, 0.2) is 24.3 Å². The van der Waals surface area contributed by atoms with Gasteiger partial charge in [-0.25, -0.2) is 0 Å². The van der Waals surface area contributed by atoms with Crippen LogP contribution in [0.4, 0.5) is 0 Å². The number of hydrogen-bond acceptors (Lipinski definition) is 2. The minimum Gasteiger partial charge on any atom is -0.323 e. The number of rotatable bonds is 1. The molecule has 1 fully saturated rings. The van der Waals surface area contributed by atoms with E-state index in [0.29, 0.717) is 12.1 Å². The number of nitrogens with zero attached hydrogens (tertiary/aromatic N) is 1. The van der Waals surface area contributed by atoms with E-state index >= 15 is 0 Å². The molecule has 1 heterocycles. The van der Waals surface area contributed by atoms with Gasteiger partial charge in [-0.05, 0) is 43.9 Å². The van der Waals surface area contributed by atoms with E-state index in [1.54, 1.807) is 0 Å². The Labute approximate surface area is 110 Å². The molecule has 2 N–H and O–H groups in total. The van der Waals surface area contributed by atoms with E-state index in [1.165, 1.54) is 43.4 Å². The predicted octanol–water partition coefficient (Wildman–Crippen LogP) is 2.88. The summed E-state index contributed by atoms with van der Waals surface area (Å²) < 4.78 is 0. The van der Waals surface area contributed by atoms with Crippen LogP contribution in [0.1, 0.15) is 49.8 Å². The Balaban J connectivity index is 1.82. The van der Waals surface area contributed by atoms with E-state index in [1.807, 2.05) is 0 Å². The molecule has 0 radical (unpaired) electrons. The Morgan fingerprint density at radius 3 is 2.83 bits per heavy atom. The van der Waals surface area contributed by atoms with Gasteiger partial charge in [0.1, 0.15) is 0 Å². The van der Waals surface area contributed by atoms with Gasteiger partial charge in [-0.2, -0.15) is 0 Å². The predicted molar refractivity (Wildman–Crippen MR) is 75.5 cm³/mol. The molecule has 2 heteroatoms. The molecule has 0 amide bonds. The first kappa shape index (κ1) is 12.2. The van der Waals surface area contributed by atoms with Crippen LogP contribution in [0.3, 0.4) is 0 Å². The van der Waals surface area contributed by atoms with Crippen LogP contribution in [0.2, 0.25) is 0 Å². The lowest BCUT2D eigenvalue weighted by molar-refractivity contribution is 0.134. The van der Waals surface area contributed by atoms with Crippen molar-refractivity contribution in [2.45, 2.75) is 57.2 Å². The van der Waals surface area contributed by atoms with Crippen molar-refractivity contribution in [1.82, 2.24) is 4.90 Å². The molecule has 3 rings (SSSR count). The van der Waals surface area contributed by atoms with Gasteiger partial charge in [-0.3, -0.25) is 4.90 Å². The second-order valence-electron chi connectivity index (χ2n) is 5.93. The molecule has 1 aliphatic carbocycles. The van der Waals surface area contributed by atoms with Gasteiger partial charge >= 0.3 is 0 Å². The average molecular weight is 244 g/mol. The molecule has 3 atom stereocenters. The standard InChI is InChI=1S/C16H24N2/c1-12-7-3-2-6-10-18(12)15-11-13-8-4-5-9-14(13)16(15)17/h4-5,8-9,12,15-16H,2-3,6-7,10-11,17H2,1H3. The fourth-order valence-corrected chi connectivity index (χ4v) is 3.72. The smallest absolute Gasteiger partial charge is 0.0459 e. The maximum atomic E-state index is 6.49. The normalized spacial score (nSPS) is 33.1.